The van der Waals surface area contributed by atoms with Crippen molar-refractivity contribution in [3.63, 3.8) is 0 Å². The quantitative estimate of drug-likeness (QED) is 0.872. The summed E-state index contributed by atoms with van der Waals surface area (Å²) in [4.78, 5) is 14.2. The van der Waals surface area contributed by atoms with Gasteiger partial charge in [-0.3, -0.25) is 9.69 Å². The Morgan fingerprint density at radius 3 is 2.62 bits per heavy atom. The molecule has 1 saturated heterocycles. The summed E-state index contributed by atoms with van der Waals surface area (Å²) >= 11 is 5.87. The zero-order valence-corrected chi connectivity index (χ0v) is 13.3. The Hall–Kier alpha value is -1.10. The first-order chi connectivity index (χ1) is 10.0. The van der Waals surface area contributed by atoms with E-state index in [4.69, 9.17) is 17.3 Å². The van der Waals surface area contributed by atoms with Crippen molar-refractivity contribution in [1.82, 2.24) is 10.2 Å². The van der Waals surface area contributed by atoms with Gasteiger partial charge in [0, 0.05) is 30.2 Å². The summed E-state index contributed by atoms with van der Waals surface area (Å²) in [6, 6.07) is 8.16. The number of piperidine rings is 1. The second kappa shape index (κ2) is 7.78. The second-order valence-electron chi connectivity index (χ2n) is 5.91. The van der Waals surface area contributed by atoms with Crippen molar-refractivity contribution in [2.75, 3.05) is 19.6 Å². The predicted molar refractivity (Wildman–Crippen MR) is 86.4 cm³/mol. The number of likely N-dealkylation sites (tertiary alicyclic amines) is 1. The van der Waals surface area contributed by atoms with Crippen LogP contribution in [0.1, 0.15) is 25.3 Å². The van der Waals surface area contributed by atoms with Gasteiger partial charge in [0.2, 0.25) is 5.91 Å². The topological polar surface area (TPSA) is 58.4 Å². The van der Waals surface area contributed by atoms with E-state index in [1.165, 1.54) is 5.56 Å². The van der Waals surface area contributed by atoms with E-state index in [-0.39, 0.29) is 11.9 Å². The number of hydrogen-bond donors (Lipinski definition) is 2. The fraction of sp³-hybridized carbons (Fsp3) is 0.562. The number of amides is 1. The van der Waals surface area contributed by atoms with Crippen molar-refractivity contribution >= 4 is 17.5 Å². The summed E-state index contributed by atoms with van der Waals surface area (Å²) in [5.41, 5.74) is 7.05. The molecule has 1 atom stereocenters. The molecular weight excluding hydrogens is 286 g/mol. The lowest BCUT2D eigenvalue weighted by Crippen LogP contribution is -2.46. The van der Waals surface area contributed by atoms with Crippen LogP contribution in [0.15, 0.2) is 24.3 Å². The molecule has 1 aromatic carbocycles. The van der Waals surface area contributed by atoms with Gasteiger partial charge in [0.25, 0.3) is 0 Å². The lowest BCUT2D eigenvalue weighted by molar-refractivity contribution is -0.123. The Bertz CT molecular complexity index is 455. The lowest BCUT2D eigenvalue weighted by Gasteiger charge is -2.29. The number of rotatable bonds is 5. The van der Waals surface area contributed by atoms with E-state index in [1.807, 2.05) is 31.2 Å². The van der Waals surface area contributed by atoms with Crippen LogP contribution in [0, 0.1) is 0 Å². The smallest absolute Gasteiger partial charge is 0.234 e. The van der Waals surface area contributed by atoms with Gasteiger partial charge >= 0.3 is 0 Å². The fourth-order valence-electron chi connectivity index (χ4n) is 2.66. The Labute approximate surface area is 131 Å². The highest BCUT2D eigenvalue weighted by atomic mass is 35.5. The molecule has 1 aliphatic heterocycles. The van der Waals surface area contributed by atoms with Crippen LogP contribution in [0.4, 0.5) is 0 Å². The first kappa shape index (κ1) is 16.3. The van der Waals surface area contributed by atoms with Crippen LogP contribution in [-0.2, 0) is 11.2 Å². The number of carbonyl (C=O) groups excluding carboxylic acids is 1. The zero-order chi connectivity index (χ0) is 15.2. The Morgan fingerprint density at radius 1 is 1.38 bits per heavy atom. The number of halogens is 1. The molecule has 0 spiro atoms. The van der Waals surface area contributed by atoms with Gasteiger partial charge in [-0.15, -0.1) is 0 Å². The SMILES string of the molecule is CC(Cc1ccc(Cl)cc1)NC(=O)CN1CCC(N)CC1. The first-order valence-electron chi connectivity index (χ1n) is 7.54. The number of benzene rings is 1. The Morgan fingerprint density at radius 2 is 2.00 bits per heavy atom. The molecular formula is C16H24ClN3O. The van der Waals surface area contributed by atoms with Crippen LogP contribution in [0.3, 0.4) is 0 Å². The van der Waals surface area contributed by atoms with Gasteiger partial charge in [-0.2, -0.15) is 0 Å². The molecule has 1 unspecified atom stereocenters. The van der Waals surface area contributed by atoms with Crippen LogP contribution < -0.4 is 11.1 Å². The Balaban J connectivity index is 1.73. The summed E-state index contributed by atoms with van der Waals surface area (Å²) in [5.74, 6) is 0.0898. The van der Waals surface area contributed by atoms with E-state index < -0.39 is 0 Å². The minimum atomic E-state index is 0.0898. The average Bonchev–Trinajstić information content (AvgIpc) is 2.44. The molecule has 3 N–H and O–H groups in total. The van der Waals surface area contributed by atoms with E-state index >= 15 is 0 Å². The highest BCUT2D eigenvalue weighted by molar-refractivity contribution is 6.30. The van der Waals surface area contributed by atoms with Crippen LogP contribution in [0.2, 0.25) is 5.02 Å². The molecule has 116 valence electrons. The molecule has 0 bridgehead atoms. The van der Waals surface area contributed by atoms with Gasteiger partial charge in [0.15, 0.2) is 0 Å². The summed E-state index contributed by atoms with van der Waals surface area (Å²) in [6.07, 6.45) is 2.77. The number of carbonyl (C=O) groups is 1. The summed E-state index contributed by atoms with van der Waals surface area (Å²) in [5, 5.41) is 3.79. The number of hydrogen-bond acceptors (Lipinski definition) is 3. The van der Waals surface area contributed by atoms with E-state index in [1.54, 1.807) is 0 Å². The van der Waals surface area contributed by atoms with Crippen molar-refractivity contribution in [1.29, 1.82) is 0 Å². The monoisotopic (exact) mass is 309 g/mol. The first-order valence-corrected chi connectivity index (χ1v) is 7.92. The number of nitrogens with zero attached hydrogens (tertiary/aromatic N) is 1. The maximum Gasteiger partial charge on any atom is 0.234 e. The average molecular weight is 310 g/mol. The van der Waals surface area contributed by atoms with Crippen molar-refractivity contribution in [3.8, 4) is 0 Å². The minimum Gasteiger partial charge on any atom is -0.352 e. The highest BCUT2D eigenvalue weighted by Crippen LogP contribution is 2.11. The minimum absolute atomic E-state index is 0.0898. The molecule has 1 fully saturated rings. The molecule has 1 amide bonds. The van der Waals surface area contributed by atoms with Crippen LogP contribution in [0.5, 0.6) is 0 Å². The molecule has 0 aromatic heterocycles. The predicted octanol–water partition coefficient (Wildman–Crippen LogP) is 1.81. The molecule has 0 aliphatic carbocycles. The Kier molecular flexibility index (Phi) is 6.03. The molecule has 1 heterocycles. The highest BCUT2D eigenvalue weighted by Gasteiger charge is 2.18. The molecule has 5 heteroatoms. The van der Waals surface area contributed by atoms with Crippen molar-refractivity contribution in [3.05, 3.63) is 34.9 Å². The van der Waals surface area contributed by atoms with Gasteiger partial charge in [-0.05, 0) is 43.9 Å². The molecule has 1 aliphatic rings. The third-order valence-corrected chi connectivity index (χ3v) is 4.11. The number of nitrogens with two attached hydrogens (primary N) is 1. The lowest BCUT2D eigenvalue weighted by atomic mass is 10.1. The molecule has 0 saturated carbocycles. The van der Waals surface area contributed by atoms with Gasteiger partial charge < -0.3 is 11.1 Å². The normalized spacial score (nSPS) is 18.4. The van der Waals surface area contributed by atoms with Gasteiger partial charge in [-0.1, -0.05) is 23.7 Å². The maximum absolute atomic E-state index is 12.0. The summed E-state index contributed by atoms with van der Waals surface area (Å²) in [6.45, 7) is 4.33. The van der Waals surface area contributed by atoms with Gasteiger partial charge in [0.1, 0.15) is 0 Å². The van der Waals surface area contributed by atoms with E-state index in [0.717, 1.165) is 37.4 Å². The van der Waals surface area contributed by atoms with Crippen LogP contribution in [-0.4, -0.2) is 42.5 Å². The van der Waals surface area contributed by atoms with E-state index in [2.05, 4.69) is 10.2 Å². The zero-order valence-electron chi connectivity index (χ0n) is 12.5. The maximum atomic E-state index is 12.0. The molecule has 21 heavy (non-hydrogen) atoms. The summed E-state index contributed by atoms with van der Waals surface area (Å²) in [7, 11) is 0. The largest absolute Gasteiger partial charge is 0.352 e. The second-order valence-corrected chi connectivity index (χ2v) is 6.35. The molecule has 1 aromatic rings. The summed E-state index contributed by atoms with van der Waals surface area (Å²) < 4.78 is 0. The fourth-order valence-corrected chi connectivity index (χ4v) is 2.79. The molecule has 0 radical (unpaired) electrons. The van der Waals surface area contributed by atoms with E-state index in [9.17, 15) is 4.79 Å². The third-order valence-electron chi connectivity index (χ3n) is 3.86. The number of nitrogens with one attached hydrogen (secondary N) is 1. The molecule has 4 nitrogen and oxygen atoms in total. The van der Waals surface area contributed by atoms with Crippen LogP contribution in [0.25, 0.3) is 0 Å². The standard InChI is InChI=1S/C16H24ClN3O/c1-12(10-13-2-4-14(17)5-3-13)19-16(21)11-20-8-6-15(18)7-9-20/h2-5,12,15H,6-11,18H2,1H3,(H,19,21). The van der Waals surface area contributed by atoms with Gasteiger partial charge in [-0.25, -0.2) is 0 Å². The third kappa shape index (κ3) is 5.65. The molecule has 2 rings (SSSR count). The van der Waals surface area contributed by atoms with Crippen molar-refractivity contribution in [2.24, 2.45) is 5.73 Å². The van der Waals surface area contributed by atoms with Gasteiger partial charge in [0.05, 0.1) is 6.54 Å². The van der Waals surface area contributed by atoms with Crippen molar-refractivity contribution < 1.29 is 4.79 Å². The van der Waals surface area contributed by atoms with E-state index in [0.29, 0.717) is 12.6 Å². The van der Waals surface area contributed by atoms with Crippen LogP contribution >= 0.6 is 11.6 Å². The van der Waals surface area contributed by atoms with Crippen molar-refractivity contribution in [2.45, 2.75) is 38.3 Å².